The number of para-hydroxylation sites is 2. The Kier molecular flexibility index (Phi) is 8.79. The minimum atomic E-state index is -3.28. The summed E-state index contributed by atoms with van der Waals surface area (Å²) in [4.78, 5) is 18.2. The number of sulfonamides is 1. The molecule has 13 heteroatoms. The molecule has 1 atom stereocenters. The molecule has 0 amide bonds. The lowest BCUT2D eigenvalue weighted by Crippen LogP contribution is -2.41. The lowest BCUT2D eigenvalue weighted by Gasteiger charge is -2.30. The molecule has 1 spiro atoms. The first-order chi connectivity index (χ1) is 21.8. The van der Waals surface area contributed by atoms with Crippen LogP contribution in [0.5, 0.6) is 0 Å². The van der Waals surface area contributed by atoms with Crippen molar-refractivity contribution < 1.29 is 21.9 Å². The highest BCUT2D eigenvalue weighted by molar-refractivity contribution is 7.89. The van der Waals surface area contributed by atoms with Gasteiger partial charge in [-0.15, -0.1) is 0 Å². The van der Waals surface area contributed by atoms with Crippen molar-refractivity contribution in [2.75, 3.05) is 56.6 Å². The van der Waals surface area contributed by atoms with Crippen LogP contribution in [0.3, 0.4) is 0 Å². The predicted molar refractivity (Wildman–Crippen MR) is 168 cm³/mol. The van der Waals surface area contributed by atoms with Crippen LogP contribution in [0, 0.1) is 11.3 Å². The fourth-order valence-corrected chi connectivity index (χ4v) is 9.06. The molecule has 2 aliphatic heterocycles. The molecule has 1 N–H and O–H groups in total. The van der Waals surface area contributed by atoms with Gasteiger partial charge in [0.05, 0.1) is 30.0 Å². The van der Waals surface area contributed by atoms with E-state index in [4.69, 9.17) is 14.7 Å². The van der Waals surface area contributed by atoms with Crippen LogP contribution in [0.15, 0.2) is 30.3 Å². The number of rotatable bonds is 11. The minimum Gasteiger partial charge on any atom is -0.378 e. The number of hydrogen-bond donors (Lipinski definition) is 1. The second-order valence-electron chi connectivity index (χ2n) is 13.3. The average Bonchev–Trinajstić information content (AvgIpc) is 3.36. The van der Waals surface area contributed by atoms with E-state index < -0.39 is 16.4 Å². The number of alkyl halides is 2. The highest BCUT2D eigenvalue weighted by Gasteiger charge is 2.54. The Morgan fingerprint density at radius 1 is 1.02 bits per heavy atom. The van der Waals surface area contributed by atoms with Crippen LogP contribution in [0.2, 0.25) is 0 Å². The fraction of sp³-hybridized carbons (Fsp3) is 0.656. The summed E-state index contributed by atoms with van der Waals surface area (Å²) in [5, 5.41) is 0. The number of aromatic nitrogens is 4. The zero-order valence-electron chi connectivity index (χ0n) is 25.7. The minimum absolute atomic E-state index is 0.0231. The van der Waals surface area contributed by atoms with Crippen LogP contribution >= 0.6 is 0 Å². The molecule has 4 fully saturated rings. The summed E-state index contributed by atoms with van der Waals surface area (Å²) in [7, 11) is -3.28. The summed E-state index contributed by atoms with van der Waals surface area (Å²) in [6.45, 7) is 5.05. The van der Waals surface area contributed by atoms with Crippen molar-refractivity contribution in [3.05, 3.63) is 41.9 Å². The summed E-state index contributed by atoms with van der Waals surface area (Å²) >= 11 is 0. The highest BCUT2D eigenvalue weighted by atomic mass is 32.2. The van der Waals surface area contributed by atoms with Crippen LogP contribution in [-0.2, 0) is 21.2 Å². The second-order valence-corrected chi connectivity index (χ2v) is 15.1. The van der Waals surface area contributed by atoms with Gasteiger partial charge in [-0.25, -0.2) is 31.9 Å². The Morgan fingerprint density at radius 2 is 1.78 bits per heavy atom. The van der Waals surface area contributed by atoms with E-state index in [0.29, 0.717) is 61.6 Å². The number of aryl methyl sites for hydroxylation is 1. The van der Waals surface area contributed by atoms with Gasteiger partial charge in [0.25, 0.3) is 6.43 Å². The van der Waals surface area contributed by atoms with Crippen molar-refractivity contribution in [1.82, 2.24) is 29.1 Å². The number of benzene rings is 1. The van der Waals surface area contributed by atoms with Gasteiger partial charge in [0.2, 0.25) is 16.0 Å². The van der Waals surface area contributed by atoms with E-state index in [0.717, 1.165) is 76.6 Å². The van der Waals surface area contributed by atoms with E-state index in [-0.39, 0.29) is 23.0 Å². The lowest BCUT2D eigenvalue weighted by atomic mass is 9.81. The molecule has 7 rings (SSSR count). The molecule has 2 aromatic heterocycles. The van der Waals surface area contributed by atoms with E-state index in [1.54, 1.807) is 18.2 Å². The van der Waals surface area contributed by atoms with Crippen molar-refractivity contribution in [3.63, 3.8) is 0 Å². The number of fused-ring (bicyclic) bond motifs is 1. The van der Waals surface area contributed by atoms with Crippen LogP contribution in [0.25, 0.3) is 16.9 Å². The van der Waals surface area contributed by atoms with Crippen LogP contribution in [0.4, 0.5) is 14.7 Å². The number of ether oxygens (including phenoxy) is 1. The third kappa shape index (κ3) is 6.86. The predicted octanol–water partition coefficient (Wildman–Crippen LogP) is 4.49. The van der Waals surface area contributed by atoms with Crippen molar-refractivity contribution in [2.24, 2.45) is 11.3 Å². The van der Waals surface area contributed by atoms with Crippen molar-refractivity contribution in [2.45, 2.75) is 70.3 Å². The number of nitrogens with one attached hydrogen (secondary N) is 1. The van der Waals surface area contributed by atoms with Gasteiger partial charge >= 0.3 is 0 Å². The standard InChI is InChI=1S/C32H43F2N7O3S/c33-29(34)30-36-26-5-1-2-6-27(26)41(30)28-21-25(35-31(37-28)40-15-18-44-19-16-40)8-7-23-22-32(23)11-9-24(10-12-32)38-45(42,43)20-17-39-13-3-4-14-39/h1-2,5-6,21,23-24,29,38H,3-4,7-20,22H2/t23-,24?,32?/m0/s1. The average molecular weight is 644 g/mol. The topological polar surface area (TPSA) is 105 Å². The third-order valence-corrected chi connectivity index (χ3v) is 11.8. The van der Waals surface area contributed by atoms with E-state index in [9.17, 15) is 17.2 Å². The van der Waals surface area contributed by atoms with E-state index >= 15 is 0 Å². The molecule has 4 aliphatic rings. The molecule has 2 aliphatic carbocycles. The zero-order chi connectivity index (χ0) is 31.0. The molecule has 0 bridgehead atoms. The van der Waals surface area contributed by atoms with Gasteiger partial charge in [-0.3, -0.25) is 4.57 Å². The first-order valence-corrected chi connectivity index (χ1v) is 18.1. The number of hydrogen-bond acceptors (Lipinski definition) is 8. The maximum Gasteiger partial charge on any atom is 0.296 e. The molecule has 244 valence electrons. The largest absolute Gasteiger partial charge is 0.378 e. The fourth-order valence-electron chi connectivity index (χ4n) is 7.70. The van der Waals surface area contributed by atoms with Crippen molar-refractivity contribution >= 4 is 27.0 Å². The Balaban J connectivity index is 1.02. The van der Waals surface area contributed by atoms with Gasteiger partial charge in [0.1, 0.15) is 5.82 Å². The second kappa shape index (κ2) is 12.8. The molecule has 1 aromatic carbocycles. The number of imidazole rings is 1. The normalized spacial score (nSPS) is 26.0. The molecule has 4 heterocycles. The molecule has 0 radical (unpaired) electrons. The Morgan fingerprint density at radius 3 is 2.53 bits per heavy atom. The molecule has 3 aromatic rings. The van der Waals surface area contributed by atoms with Gasteiger partial charge in [0.15, 0.2) is 5.82 Å². The maximum absolute atomic E-state index is 14.2. The number of nitrogens with zero attached hydrogens (tertiary/aromatic N) is 6. The third-order valence-electron chi connectivity index (χ3n) is 10.4. The first-order valence-electron chi connectivity index (χ1n) is 16.5. The molecular weight excluding hydrogens is 600 g/mol. The van der Waals surface area contributed by atoms with Crippen LogP contribution in [-0.4, -0.2) is 90.6 Å². The van der Waals surface area contributed by atoms with Crippen LogP contribution in [0.1, 0.15) is 69.3 Å². The number of halogens is 2. The maximum atomic E-state index is 14.2. The summed E-state index contributed by atoms with van der Waals surface area (Å²) in [6.07, 6.45) is 6.22. The monoisotopic (exact) mass is 643 g/mol. The summed E-state index contributed by atoms with van der Waals surface area (Å²) in [6, 6.07) is 9.01. The highest BCUT2D eigenvalue weighted by Crippen LogP contribution is 2.63. The Labute approximate surface area is 263 Å². The zero-order valence-corrected chi connectivity index (χ0v) is 26.5. The van der Waals surface area contributed by atoms with Crippen molar-refractivity contribution in [3.8, 4) is 5.82 Å². The molecule has 2 saturated heterocycles. The summed E-state index contributed by atoms with van der Waals surface area (Å²) in [5.74, 6) is 1.36. The van der Waals surface area contributed by atoms with E-state index in [1.807, 2.05) is 12.1 Å². The van der Waals surface area contributed by atoms with Gasteiger partial charge in [-0.1, -0.05) is 12.1 Å². The molecule has 10 nitrogen and oxygen atoms in total. The SMILES string of the molecule is O=S(=O)(CCN1CCCC1)NC1CCC2(CC1)C[C@@H]2CCc1cc(-n2c(C(F)F)nc3ccccc32)nc(N2CCOCC2)n1. The van der Waals surface area contributed by atoms with Crippen molar-refractivity contribution in [1.29, 1.82) is 0 Å². The molecule has 45 heavy (non-hydrogen) atoms. The number of morpholine rings is 1. The van der Waals surface area contributed by atoms with E-state index in [2.05, 4.69) is 19.5 Å². The van der Waals surface area contributed by atoms with E-state index in [1.165, 1.54) is 4.57 Å². The smallest absolute Gasteiger partial charge is 0.296 e. The van der Waals surface area contributed by atoms with Crippen LogP contribution < -0.4 is 9.62 Å². The van der Waals surface area contributed by atoms with Gasteiger partial charge in [-0.05, 0) is 94.3 Å². The molecule has 2 saturated carbocycles. The van der Waals surface area contributed by atoms with Gasteiger partial charge < -0.3 is 14.5 Å². The van der Waals surface area contributed by atoms with Gasteiger partial charge in [-0.2, -0.15) is 4.98 Å². The summed E-state index contributed by atoms with van der Waals surface area (Å²) in [5.41, 5.74) is 2.21. The lowest BCUT2D eigenvalue weighted by molar-refractivity contribution is 0.122. The molecule has 0 unspecified atom stereocenters. The molecular formula is C32H43F2N7O3S. The summed E-state index contributed by atoms with van der Waals surface area (Å²) < 4.78 is 63.9. The van der Waals surface area contributed by atoms with Gasteiger partial charge in [0, 0.05) is 37.4 Å². The number of anilines is 1. The first kappa shape index (κ1) is 30.9. The Hall–Kier alpha value is -2.74. The quantitative estimate of drug-likeness (QED) is 0.326. The Bertz CT molecular complexity index is 1600. The number of likely N-dealkylation sites (tertiary alicyclic amines) is 1.